The predicted molar refractivity (Wildman–Crippen MR) is 92.7 cm³/mol. The van der Waals surface area contributed by atoms with E-state index in [-0.39, 0.29) is 12.6 Å². The molecular weight excluding hydrogens is 316 g/mol. The Morgan fingerprint density at radius 1 is 1.13 bits per heavy atom. The van der Waals surface area contributed by atoms with Crippen LogP contribution in [-0.4, -0.2) is 68.0 Å². The predicted octanol–water partition coefficient (Wildman–Crippen LogP) is 2.42. The van der Waals surface area contributed by atoms with Crippen LogP contribution in [0.1, 0.15) is 25.5 Å². The lowest BCUT2D eigenvalue weighted by Crippen LogP contribution is -2.46. The van der Waals surface area contributed by atoms with Crippen molar-refractivity contribution in [2.45, 2.75) is 19.9 Å². The molecule has 6 heteroatoms. The molecule has 1 aliphatic rings. The van der Waals surface area contributed by atoms with Crippen LogP contribution in [0.3, 0.4) is 0 Å². The second-order valence-electron chi connectivity index (χ2n) is 5.73. The quantitative estimate of drug-likeness (QED) is 0.824. The lowest BCUT2D eigenvalue weighted by molar-refractivity contribution is 0.0746. The molecular formula is C17H27ClN2O3. The first-order chi connectivity index (χ1) is 11.1. The fourth-order valence-electron chi connectivity index (χ4n) is 2.89. The van der Waals surface area contributed by atoms with Gasteiger partial charge in [-0.25, -0.2) is 0 Å². The van der Waals surface area contributed by atoms with Gasteiger partial charge in [0.05, 0.1) is 30.9 Å². The summed E-state index contributed by atoms with van der Waals surface area (Å²) in [4.78, 5) is 4.59. The molecule has 5 nitrogen and oxygen atoms in total. The monoisotopic (exact) mass is 342 g/mol. The molecule has 1 aliphatic heterocycles. The van der Waals surface area contributed by atoms with Crippen molar-refractivity contribution in [3.05, 3.63) is 22.7 Å². The lowest BCUT2D eigenvalue weighted by atomic mass is 10.0. The molecule has 0 bridgehead atoms. The van der Waals surface area contributed by atoms with Crippen molar-refractivity contribution >= 4 is 11.6 Å². The number of likely N-dealkylation sites (N-methyl/N-ethyl adjacent to an activating group) is 1. The summed E-state index contributed by atoms with van der Waals surface area (Å²) in [7, 11) is 2.12. The van der Waals surface area contributed by atoms with E-state index in [0.717, 1.165) is 31.7 Å². The van der Waals surface area contributed by atoms with E-state index in [2.05, 4.69) is 16.8 Å². The standard InChI is InChI=1S/C17H27ClN2O3/c1-4-22-16-11-13(10-14(18)17(16)23-5-2)15(12-21)20-8-6-19(3)7-9-20/h10-11,15,21H,4-9,12H2,1-3H3. The van der Waals surface area contributed by atoms with Gasteiger partial charge >= 0.3 is 0 Å². The molecule has 23 heavy (non-hydrogen) atoms. The van der Waals surface area contributed by atoms with Crippen LogP contribution in [-0.2, 0) is 0 Å². The molecule has 0 spiro atoms. The number of hydrogen-bond donors (Lipinski definition) is 1. The molecule has 1 aromatic carbocycles. The van der Waals surface area contributed by atoms with Crippen LogP contribution in [0.15, 0.2) is 12.1 Å². The fourth-order valence-corrected chi connectivity index (χ4v) is 3.17. The van der Waals surface area contributed by atoms with Crippen molar-refractivity contribution in [2.75, 3.05) is 53.0 Å². The summed E-state index contributed by atoms with van der Waals surface area (Å²) in [5.41, 5.74) is 0.967. The van der Waals surface area contributed by atoms with Gasteiger partial charge in [0.1, 0.15) is 0 Å². The van der Waals surface area contributed by atoms with E-state index in [1.54, 1.807) is 0 Å². The first-order valence-corrected chi connectivity index (χ1v) is 8.60. The molecule has 1 saturated heterocycles. The minimum Gasteiger partial charge on any atom is -0.490 e. The Morgan fingerprint density at radius 3 is 2.35 bits per heavy atom. The van der Waals surface area contributed by atoms with Crippen molar-refractivity contribution < 1.29 is 14.6 Å². The van der Waals surface area contributed by atoms with Crippen molar-refractivity contribution in [3.63, 3.8) is 0 Å². The number of aliphatic hydroxyl groups is 1. The smallest absolute Gasteiger partial charge is 0.179 e. The first kappa shape index (κ1) is 18.3. The molecule has 1 heterocycles. The second kappa shape index (κ2) is 8.73. The van der Waals surface area contributed by atoms with E-state index >= 15 is 0 Å². The molecule has 1 N–H and O–H groups in total. The first-order valence-electron chi connectivity index (χ1n) is 8.23. The summed E-state index contributed by atoms with van der Waals surface area (Å²) in [6.45, 7) is 8.83. The van der Waals surface area contributed by atoms with Crippen molar-refractivity contribution in [2.24, 2.45) is 0 Å². The lowest BCUT2D eigenvalue weighted by Gasteiger charge is -2.37. The largest absolute Gasteiger partial charge is 0.490 e. The molecule has 1 unspecified atom stereocenters. The van der Waals surface area contributed by atoms with E-state index in [1.165, 1.54) is 0 Å². The third kappa shape index (κ3) is 4.51. The molecule has 130 valence electrons. The third-order valence-corrected chi connectivity index (χ3v) is 4.44. The SMILES string of the molecule is CCOc1cc(C(CO)N2CCN(C)CC2)cc(Cl)c1OCC. The number of benzene rings is 1. The number of hydrogen-bond acceptors (Lipinski definition) is 5. The topological polar surface area (TPSA) is 45.2 Å². The van der Waals surface area contributed by atoms with Crippen molar-refractivity contribution in [1.29, 1.82) is 0 Å². The van der Waals surface area contributed by atoms with E-state index in [9.17, 15) is 5.11 Å². The highest BCUT2D eigenvalue weighted by atomic mass is 35.5. The maximum Gasteiger partial charge on any atom is 0.179 e. The minimum absolute atomic E-state index is 0.0551. The van der Waals surface area contributed by atoms with Gasteiger partial charge in [0.15, 0.2) is 11.5 Å². The van der Waals surface area contributed by atoms with E-state index < -0.39 is 0 Å². The van der Waals surface area contributed by atoms with Crippen molar-refractivity contribution in [3.8, 4) is 11.5 Å². The summed E-state index contributed by atoms with van der Waals surface area (Å²) >= 11 is 6.40. The summed E-state index contributed by atoms with van der Waals surface area (Å²) in [6.07, 6.45) is 0. The highest BCUT2D eigenvalue weighted by Gasteiger charge is 2.25. The Bertz CT molecular complexity index is 505. The molecule has 0 aliphatic carbocycles. The van der Waals surface area contributed by atoms with Gasteiger partial charge in [-0.05, 0) is 38.6 Å². The molecule has 0 aromatic heterocycles. The van der Waals surface area contributed by atoms with Gasteiger partial charge in [-0.2, -0.15) is 0 Å². The number of halogens is 1. The Hall–Kier alpha value is -1.01. The van der Waals surface area contributed by atoms with E-state index in [4.69, 9.17) is 21.1 Å². The number of aliphatic hydroxyl groups excluding tert-OH is 1. The maximum absolute atomic E-state index is 9.91. The van der Waals surface area contributed by atoms with Gasteiger partial charge in [0.25, 0.3) is 0 Å². The van der Waals surface area contributed by atoms with Gasteiger partial charge in [-0.3, -0.25) is 4.90 Å². The molecule has 1 aromatic rings. The molecule has 0 amide bonds. The van der Waals surface area contributed by atoms with Crippen LogP contribution < -0.4 is 9.47 Å². The summed E-state index contributed by atoms with van der Waals surface area (Å²) in [5, 5.41) is 10.4. The highest BCUT2D eigenvalue weighted by Crippen LogP contribution is 2.39. The van der Waals surface area contributed by atoms with Crippen LogP contribution in [0, 0.1) is 0 Å². The fraction of sp³-hybridized carbons (Fsp3) is 0.647. The highest BCUT2D eigenvalue weighted by molar-refractivity contribution is 6.32. The summed E-state index contributed by atoms with van der Waals surface area (Å²) in [6, 6.07) is 3.75. The van der Waals surface area contributed by atoms with E-state index in [0.29, 0.717) is 29.7 Å². The van der Waals surface area contributed by atoms with Crippen LogP contribution in [0.2, 0.25) is 5.02 Å². The molecule has 1 fully saturated rings. The Labute approximate surface area is 143 Å². The zero-order valence-electron chi connectivity index (χ0n) is 14.2. The van der Waals surface area contributed by atoms with Crippen LogP contribution in [0.5, 0.6) is 11.5 Å². The molecule has 0 radical (unpaired) electrons. The molecule has 2 rings (SSSR count). The average molecular weight is 343 g/mol. The van der Waals surface area contributed by atoms with E-state index in [1.807, 2.05) is 26.0 Å². The van der Waals surface area contributed by atoms with Crippen LogP contribution in [0.25, 0.3) is 0 Å². The zero-order chi connectivity index (χ0) is 16.8. The van der Waals surface area contributed by atoms with Crippen LogP contribution >= 0.6 is 11.6 Å². The minimum atomic E-state index is -0.0731. The summed E-state index contributed by atoms with van der Waals surface area (Å²) in [5.74, 6) is 1.22. The summed E-state index contributed by atoms with van der Waals surface area (Å²) < 4.78 is 11.3. The maximum atomic E-state index is 9.91. The number of nitrogens with zero attached hydrogens (tertiary/aromatic N) is 2. The van der Waals surface area contributed by atoms with Gasteiger partial charge < -0.3 is 19.5 Å². The molecule has 1 atom stereocenters. The van der Waals surface area contributed by atoms with Crippen LogP contribution in [0.4, 0.5) is 0 Å². The normalized spacial score (nSPS) is 18.0. The Kier molecular flexibility index (Phi) is 6.96. The van der Waals surface area contributed by atoms with Gasteiger partial charge in [-0.15, -0.1) is 0 Å². The molecule has 0 saturated carbocycles. The zero-order valence-corrected chi connectivity index (χ0v) is 15.0. The Morgan fingerprint density at radius 2 is 1.78 bits per heavy atom. The van der Waals surface area contributed by atoms with Gasteiger partial charge in [0.2, 0.25) is 0 Å². The number of piperazine rings is 1. The van der Waals surface area contributed by atoms with Gasteiger partial charge in [0, 0.05) is 26.2 Å². The Balaban J connectivity index is 2.29. The van der Waals surface area contributed by atoms with Crippen molar-refractivity contribution in [1.82, 2.24) is 9.80 Å². The van der Waals surface area contributed by atoms with Gasteiger partial charge in [-0.1, -0.05) is 11.6 Å². The number of ether oxygens (including phenoxy) is 2. The third-order valence-electron chi connectivity index (χ3n) is 4.16. The second-order valence-corrected chi connectivity index (χ2v) is 6.14. The average Bonchev–Trinajstić information content (AvgIpc) is 2.53. The number of rotatable bonds is 7.